The molecule has 0 bridgehead atoms. The molecule has 0 aliphatic carbocycles. The first kappa shape index (κ1) is 20.2. The molecule has 0 fully saturated rings. The van der Waals surface area contributed by atoms with E-state index in [0.717, 1.165) is 16.2 Å². The highest BCUT2D eigenvalue weighted by Crippen LogP contribution is 2.26. The topological polar surface area (TPSA) is 42.8 Å². The van der Waals surface area contributed by atoms with Crippen LogP contribution >= 0.6 is 11.8 Å². The zero-order valence-electron chi connectivity index (χ0n) is 14.8. The third-order valence-electron chi connectivity index (χ3n) is 3.57. The predicted molar refractivity (Wildman–Crippen MR) is 100 cm³/mol. The normalized spacial score (nSPS) is 12.0. The minimum Gasteiger partial charge on any atom is -0.494 e. The van der Waals surface area contributed by atoms with Gasteiger partial charge < -0.3 is 15.0 Å². The molecule has 0 radical (unpaired) electrons. The third kappa shape index (κ3) is 7.01. The van der Waals surface area contributed by atoms with E-state index >= 15 is 0 Å². The molecule has 26 heavy (non-hydrogen) atoms. The second-order valence-electron chi connectivity index (χ2n) is 5.84. The Balaban J connectivity index is 1.81. The van der Waals surface area contributed by atoms with Gasteiger partial charge in [0.1, 0.15) is 12.3 Å². The number of anilines is 1. The minimum atomic E-state index is -2.45. The third-order valence-corrected chi connectivity index (χ3v) is 4.29. The molecule has 7 heteroatoms. The van der Waals surface area contributed by atoms with E-state index in [1.807, 2.05) is 38.2 Å². The lowest BCUT2D eigenvalue weighted by atomic mass is 10.2. The quantitative estimate of drug-likeness (QED) is 0.656. The van der Waals surface area contributed by atoms with Gasteiger partial charge in [0.15, 0.2) is 6.54 Å². The van der Waals surface area contributed by atoms with Crippen molar-refractivity contribution in [2.24, 2.45) is 0 Å². The van der Waals surface area contributed by atoms with E-state index in [4.69, 9.17) is 4.74 Å². The highest BCUT2D eigenvalue weighted by atomic mass is 32.2. The summed E-state index contributed by atoms with van der Waals surface area (Å²) in [7, 11) is 1.94. The van der Waals surface area contributed by atoms with Gasteiger partial charge in [-0.25, -0.2) is 0 Å². The van der Waals surface area contributed by atoms with Gasteiger partial charge in [0, 0.05) is 16.1 Å². The molecule has 4 nitrogen and oxygen atoms in total. The van der Waals surface area contributed by atoms with Crippen LogP contribution in [0, 0.1) is 0 Å². The summed E-state index contributed by atoms with van der Waals surface area (Å²) < 4.78 is 30.0. The molecule has 1 amide bonds. The molecule has 0 aromatic heterocycles. The summed E-state index contributed by atoms with van der Waals surface area (Å²) in [5.41, 5.74) is 1.72. The number of quaternary nitrogens is 1. The van der Waals surface area contributed by atoms with Crippen molar-refractivity contribution in [3.8, 4) is 5.75 Å². The van der Waals surface area contributed by atoms with Crippen LogP contribution in [-0.2, 0) is 11.3 Å². The Morgan fingerprint density at radius 3 is 2.38 bits per heavy atom. The van der Waals surface area contributed by atoms with Gasteiger partial charge in [-0.05, 0) is 55.5 Å². The number of ether oxygens (including phenoxy) is 1. The van der Waals surface area contributed by atoms with Crippen molar-refractivity contribution in [2.75, 3.05) is 25.5 Å². The Kier molecular flexibility index (Phi) is 7.87. The Hall–Kier alpha value is -2.12. The maximum Gasteiger partial charge on any atom is 0.288 e. The molecule has 0 aliphatic heterocycles. The number of halogens is 2. The van der Waals surface area contributed by atoms with E-state index < -0.39 is 5.76 Å². The lowest BCUT2D eigenvalue weighted by molar-refractivity contribution is -0.885. The lowest BCUT2D eigenvalue weighted by Crippen LogP contribution is -3.08. The van der Waals surface area contributed by atoms with Gasteiger partial charge in [0.05, 0.1) is 13.7 Å². The molecule has 2 rings (SSSR count). The first-order valence-electron chi connectivity index (χ1n) is 8.34. The van der Waals surface area contributed by atoms with Crippen LogP contribution in [0.4, 0.5) is 14.5 Å². The van der Waals surface area contributed by atoms with Crippen molar-refractivity contribution in [1.29, 1.82) is 0 Å². The maximum atomic E-state index is 12.3. The van der Waals surface area contributed by atoms with Crippen LogP contribution in [-0.4, -0.2) is 31.9 Å². The van der Waals surface area contributed by atoms with Crippen molar-refractivity contribution >= 4 is 23.4 Å². The van der Waals surface area contributed by atoms with Gasteiger partial charge in [-0.1, -0.05) is 11.8 Å². The fourth-order valence-corrected chi connectivity index (χ4v) is 2.98. The summed E-state index contributed by atoms with van der Waals surface area (Å²) in [4.78, 5) is 13.6. The number of benzene rings is 2. The van der Waals surface area contributed by atoms with E-state index in [0.29, 0.717) is 42.0 Å². The summed E-state index contributed by atoms with van der Waals surface area (Å²) in [6.07, 6.45) is 0. The van der Waals surface area contributed by atoms with Crippen molar-refractivity contribution in [3.05, 3.63) is 54.1 Å². The molecule has 1 unspecified atom stereocenters. The van der Waals surface area contributed by atoms with Crippen LogP contribution in [0.1, 0.15) is 12.5 Å². The van der Waals surface area contributed by atoms with Crippen LogP contribution in [0.5, 0.6) is 5.75 Å². The molecule has 0 spiro atoms. The first-order valence-corrected chi connectivity index (χ1v) is 9.22. The van der Waals surface area contributed by atoms with E-state index in [2.05, 4.69) is 5.32 Å². The fourth-order valence-electron chi connectivity index (χ4n) is 2.48. The molecule has 2 aromatic rings. The number of nitrogens with one attached hydrogen (secondary N) is 2. The molecule has 2 aromatic carbocycles. The monoisotopic (exact) mass is 381 g/mol. The molecule has 0 saturated carbocycles. The zero-order valence-corrected chi connectivity index (χ0v) is 15.6. The van der Waals surface area contributed by atoms with E-state index in [1.165, 1.54) is 0 Å². The fraction of sp³-hybridized carbons (Fsp3) is 0.316. The van der Waals surface area contributed by atoms with Crippen molar-refractivity contribution in [2.45, 2.75) is 24.1 Å². The average molecular weight is 381 g/mol. The van der Waals surface area contributed by atoms with Gasteiger partial charge in [0.2, 0.25) is 0 Å². The number of thioether (sulfide) groups is 1. The van der Waals surface area contributed by atoms with E-state index in [1.54, 1.807) is 24.3 Å². The largest absolute Gasteiger partial charge is 0.494 e. The number of amides is 1. The van der Waals surface area contributed by atoms with Crippen molar-refractivity contribution in [3.63, 3.8) is 0 Å². The summed E-state index contributed by atoms with van der Waals surface area (Å²) in [6, 6.07) is 14.2. The molecule has 140 valence electrons. The van der Waals surface area contributed by atoms with Gasteiger partial charge >= 0.3 is 0 Å². The SMILES string of the molecule is CCOc1ccc(C[NH+](C)CC(=O)Nc2ccc(SC(F)F)cc2)cc1. The summed E-state index contributed by atoms with van der Waals surface area (Å²) >= 11 is 0.483. The van der Waals surface area contributed by atoms with Gasteiger partial charge in [-0.3, -0.25) is 4.79 Å². The molecule has 0 saturated heterocycles. The molecular weight excluding hydrogens is 358 g/mol. The lowest BCUT2D eigenvalue weighted by Gasteiger charge is -2.14. The number of hydrogen-bond donors (Lipinski definition) is 2. The number of rotatable bonds is 9. The minimum absolute atomic E-state index is 0.123. The van der Waals surface area contributed by atoms with Crippen molar-refractivity contribution in [1.82, 2.24) is 0 Å². The summed E-state index contributed by atoms with van der Waals surface area (Å²) in [6.45, 7) is 3.59. The standard InChI is InChI=1S/C19H22F2N2O2S/c1-3-25-16-8-4-14(5-9-16)12-23(2)13-18(24)22-15-6-10-17(11-7-15)26-19(20)21/h4-11,19H,3,12-13H2,1-2H3,(H,22,24)/p+1. The Morgan fingerprint density at radius 2 is 1.81 bits per heavy atom. The van der Waals surface area contributed by atoms with E-state index in [-0.39, 0.29) is 5.91 Å². The molecule has 0 aliphatic rings. The smallest absolute Gasteiger partial charge is 0.288 e. The predicted octanol–water partition coefficient (Wildman–Crippen LogP) is 3.05. The number of hydrogen-bond acceptors (Lipinski definition) is 3. The molecule has 1 atom stereocenters. The highest BCUT2D eigenvalue weighted by molar-refractivity contribution is 7.99. The molecule has 2 N–H and O–H groups in total. The number of carbonyl (C=O) groups is 1. The van der Waals surface area contributed by atoms with E-state index in [9.17, 15) is 13.6 Å². The second kappa shape index (κ2) is 10.1. The van der Waals surface area contributed by atoms with Crippen LogP contribution in [0.25, 0.3) is 0 Å². The molecular formula is C19H23F2N2O2S+. The zero-order chi connectivity index (χ0) is 18.9. The van der Waals surface area contributed by atoms with Crippen LogP contribution in [0.15, 0.2) is 53.4 Å². The number of likely N-dealkylation sites (N-methyl/N-ethyl adjacent to an activating group) is 1. The Morgan fingerprint density at radius 1 is 1.15 bits per heavy atom. The highest BCUT2D eigenvalue weighted by Gasteiger charge is 2.11. The summed E-state index contributed by atoms with van der Waals surface area (Å²) in [5, 5.41) is 2.79. The first-order chi connectivity index (χ1) is 12.5. The Bertz CT molecular complexity index is 694. The van der Waals surface area contributed by atoms with Crippen LogP contribution < -0.4 is 15.0 Å². The Labute approximate surface area is 156 Å². The van der Waals surface area contributed by atoms with Crippen LogP contribution in [0.2, 0.25) is 0 Å². The van der Waals surface area contributed by atoms with Gasteiger partial charge in [-0.15, -0.1) is 0 Å². The maximum absolute atomic E-state index is 12.3. The molecule has 0 heterocycles. The second-order valence-corrected chi connectivity index (χ2v) is 6.90. The number of alkyl halides is 2. The summed E-state index contributed by atoms with van der Waals surface area (Å²) in [5.74, 6) is -1.74. The number of carbonyl (C=O) groups excluding carboxylic acids is 1. The van der Waals surface area contributed by atoms with Crippen molar-refractivity contribution < 1.29 is 23.2 Å². The average Bonchev–Trinajstić information content (AvgIpc) is 2.58. The van der Waals surface area contributed by atoms with Gasteiger partial charge in [-0.2, -0.15) is 8.78 Å². The van der Waals surface area contributed by atoms with Gasteiger partial charge in [0.25, 0.3) is 11.7 Å². The van der Waals surface area contributed by atoms with Crippen LogP contribution in [0.3, 0.4) is 0 Å².